The number of aryl methyl sites for hydroxylation is 4. The highest BCUT2D eigenvalue weighted by Crippen LogP contribution is 2.32. The van der Waals surface area contributed by atoms with Gasteiger partial charge in [0.1, 0.15) is 17.8 Å². The summed E-state index contributed by atoms with van der Waals surface area (Å²) in [5.74, 6) is 2.95. The van der Waals surface area contributed by atoms with Crippen molar-refractivity contribution in [3.63, 3.8) is 0 Å². The fourth-order valence-electron chi connectivity index (χ4n) is 4.20. The second-order valence-corrected chi connectivity index (χ2v) is 9.48. The van der Waals surface area contributed by atoms with Crippen molar-refractivity contribution < 1.29 is 26.3 Å². The molecule has 0 fully saturated rings. The molecule has 0 unspecified atom stereocenters. The van der Waals surface area contributed by atoms with Crippen molar-refractivity contribution in [2.24, 2.45) is 11.8 Å². The summed E-state index contributed by atoms with van der Waals surface area (Å²) in [6, 6.07) is 8.74. The Kier molecular flexibility index (Phi) is 8.46. The normalized spacial score (nSPS) is 11.6. The second-order valence-electron chi connectivity index (χ2n) is 9.48. The molecule has 8 heteroatoms. The monoisotopic (exact) mass is 514 g/mol. The van der Waals surface area contributed by atoms with Crippen molar-refractivity contribution in [2.75, 3.05) is 6.61 Å². The number of halogens is 1. The van der Waals surface area contributed by atoms with Crippen molar-refractivity contribution in [1.82, 2.24) is 25.2 Å². The number of ether oxygens (including phenoxy) is 1. The maximum Gasteiger partial charge on any atom is 0.202 e. The van der Waals surface area contributed by atoms with Gasteiger partial charge in [0.2, 0.25) is 5.69 Å². The minimum Gasteiger partial charge on any atom is -1.00 e. The molecule has 0 bridgehead atoms. The summed E-state index contributed by atoms with van der Waals surface area (Å²) in [6.45, 7) is 13.8. The summed E-state index contributed by atoms with van der Waals surface area (Å²) in [7, 11) is 0. The van der Waals surface area contributed by atoms with Gasteiger partial charge in [-0.05, 0) is 30.4 Å². The van der Waals surface area contributed by atoms with Crippen LogP contribution in [0.5, 0.6) is 5.75 Å². The molecule has 33 heavy (non-hydrogen) atoms. The van der Waals surface area contributed by atoms with Crippen LogP contribution >= 0.6 is 0 Å². The van der Waals surface area contributed by atoms with Crippen molar-refractivity contribution in [3.05, 3.63) is 42.0 Å². The second kappa shape index (κ2) is 11.1. The molecular formula is C25H35BrN6O. The molecule has 0 radical (unpaired) electrons. The lowest BCUT2D eigenvalue weighted by Gasteiger charge is -2.10. The van der Waals surface area contributed by atoms with Crippen LogP contribution in [0.4, 0.5) is 0 Å². The van der Waals surface area contributed by atoms with E-state index in [1.165, 1.54) is 27.5 Å². The van der Waals surface area contributed by atoms with Gasteiger partial charge in [-0.3, -0.25) is 0 Å². The number of rotatable bonds is 10. The molecule has 178 valence electrons. The van der Waals surface area contributed by atoms with Gasteiger partial charge >= 0.3 is 0 Å². The van der Waals surface area contributed by atoms with E-state index >= 15 is 0 Å². The fraction of sp³-hybridized carbons (Fsp3) is 0.520. The maximum absolute atomic E-state index is 6.09. The van der Waals surface area contributed by atoms with Gasteiger partial charge in [-0.2, -0.15) is 5.21 Å². The first-order valence-corrected chi connectivity index (χ1v) is 11.7. The first-order chi connectivity index (χ1) is 15.4. The molecule has 0 spiro atoms. The van der Waals surface area contributed by atoms with Crippen LogP contribution in [-0.2, 0) is 19.5 Å². The molecule has 0 atom stereocenters. The Bertz CT molecular complexity index is 1180. The van der Waals surface area contributed by atoms with Crippen molar-refractivity contribution >= 4 is 21.8 Å². The number of fused-ring (bicyclic) bond motifs is 3. The number of tetrazole rings is 1. The molecule has 0 saturated heterocycles. The number of H-pyrrole nitrogens is 1. The van der Waals surface area contributed by atoms with Crippen molar-refractivity contribution in [3.8, 4) is 5.75 Å². The number of aromatic nitrogens is 6. The van der Waals surface area contributed by atoms with E-state index in [9.17, 15) is 0 Å². The van der Waals surface area contributed by atoms with E-state index in [-0.39, 0.29) is 17.0 Å². The van der Waals surface area contributed by atoms with Crippen LogP contribution in [0.25, 0.3) is 21.8 Å². The summed E-state index contributed by atoms with van der Waals surface area (Å²) < 4.78 is 10.9. The fourth-order valence-corrected chi connectivity index (χ4v) is 4.20. The van der Waals surface area contributed by atoms with Crippen LogP contribution < -0.4 is 26.3 Å². The highest BCUT2D eigenvalue weighted by molar-refractivity contribution is 6.08. The Labute approximate surface area is 206 Å². The molecule has 4 aromatic rings. The van der Waals surface area contributed by atoms with Crippen LogP contribution in [0.2, 0.25) is 0 Å². The Morgan fingerprint density at radius 1 is 1.06 bits per heavy atom. The third kappa shape index (κ3) is 5.72. The number of hydrogen-bond acceptors (Lipinski definition) is 4. The van der Waals surface area contributed by atoms with Gasteiger partial charge in [0.15, 0.2) is 12.0 Å². The van der Waals surface area contributed by atoms with Gasteiger partial charge in [-0.25, -0.2) is 4.57 Å². The zero-order valence-electron chi connectivity index (χ0n) is 20.3. The number of benzene rings is 1. The summed E-state index contributed by atoms with van der Waals surface area (Å²) in [6.07, 6.45) is 5.16. The summed E-state index contributed by atoms with van der Waals surface area (Å²) in [5, 5.41) is 17.1. The predicted octanol–water partition coefficient (Wildman–Crippen LogP) is 1.62. The van der Waals surface area contributed by atoms with Gasteiger partial charge in [-0.1, -0.05) is 32.9 Å². The molecule has 1 N–H and O–H groups in total. The van der Waals surface area contributed by atoms with Gasteiger partial charge in [-0.15, -0.1) is 10.2 Å². The number of nitrogens with zero attached hydrogens (tertiary/aromatic N) is 5. The van der Waals surface area contributed by atoms with E-state index in [4.69, 9.17) is 4.74 Å². The van der Waals surface area contributed by atoms with Crippen LogP contribution in [0, 0.1) is 18.8 Å². The Hall–Kier alpha value is -2.48. The average molecular weight is 516 g/mol. The molecule has 1 aromatic carbocycles. The molecule has 3 heterocycles. The molecule has 7 nitrogen and oxygen atoms in total. The lowest BCUT2D eigenvalue weighted by Crippen LogP contribution is -3.00. The Balaban J connectivity index is 0.00000306. The standard InChI is InChI=1S/C25H35N6O.BrH/c1-17(2)8-12-30-13-9-22-21-7-6-20(32-15-11-18(3)4)16-23(21)31(25(22)19(30)5)14-10-24-26-28-29-27-24;/h6-7,9,13,16-18H,8,10-12,14-15H2,1-5H3,(H,26,27,28,29);1H/q+1;/p-1. The first-order valence-electron chi connectivity index (χ1n) is 11.7. The zero-order chi connectivity index (χ0) is 22.7. The first kappa shape index (κ1) is 25.1. The SMILES string of the molecule is Cc1c2c(cc[n+]1CCC(C)C)c1ccc(OCCC(C)C)cc1n2CCc1nn[nH]n1.[Br-]. The highest BCUT2D eigenvalue weighted by Gasteiger charge is 2.20. The van der Waals surface area contributed by atoms with Crippen LogP contribution in [0.15, 0.2) is 30.5 Å². The van der Waals surface area contributed by atoms with Gasteiger partial charge < -0.3 is 26.3 Å². The summed E-state index contributed by atoms with van der Waals surface area (Å²) in [4.78, 5) is 0. The van der Waals surface area contributed by atoms with E-state index in [1.807, 2.05) is 0 Å². The van der Waals surface area contributed by atoms with E-state index in [0.717, 1.165) is 44.1 Å². The number of hydrogen-bond donors (Lipinski definition) is 1. The van der Waals surface area contributed by atoms with E-state index in [2.05, 4.69) is 94.8 Å². The topological polar surface area (TPSA) is 72.5 Å². The molecule has 4 rings (SSSR count). The molecular weight excluding hydrogens is 480 g/mol. The number of aromatic amines is 1. The van der Waals surface area contributed by atoms with Crippen LogP contribution in [-0.4, -0.2) is 31.8 Å². The smallest absolute Gasteiger partial charge is 0.202 e. The van der Waals surface area contributed by atoms with E-state index in [1.54, 1.807) is 0 Å². The lowest BCUT2D eigenvalue weighted by atomic mass is 10.1. The minimum atomic E-state index is 0. The predicted molar refractivity (Wildman–Crippen MR) is 127 cm³/mol. The number of pyridine rings is 1. The molecule has 3 aromatic heterocycles. The number of nitrogens with one attached hydrogen (secondary N) is 1. The summed E-state index contributed by atoms with van der Waals surface area (Å²) >= 11 is 0. The third-order valence-electron chi connectivity index (χ3n) is 6.13. The molecule has 0 aliphatic rings. The van der Waals surface area contributed by atoms with Gasteiger partial charge in [0, 0.05) is 49.2 Å². The minimum absolute atomic E-state index is 0. The summed E-state index contributed by atoms with van der Waals surface area (Å²) in [5.41, 5.74) is 3.75. The largest absolute Gasteiger partial charge is 1.00 e. The van der Waals surface area contributed by atoms with E-state index in [0.29, 0.717) is 18.3 Å². The van der Waals surface area contributed by atoms with Crippen molar-refractivity contribution in [1.29, 1.82) is 0 Å². The highest BCUT2D eigenvalue weighted by atomic mass is 79.9. The van der Waals surface area contributed by atoms with Gasteiger partial charge in [0.25, 0.3) is 0 Å². The van der Waals surface area contributed by atoms with Crippen molar-refractivity contribution in [2.45, 2.75) is 67.0 Å². The van der Waals surface area contributed by atoms with Crippen LogP contribution in [0.1, 0.15) is 52.1 Å². The Morgan fingerprint density at radius 2 is 1.85 bits per heavy atom. The van der Waals surface area contributed by atoms with E-state index < -0.39 is 0 Å². The van der Waals surface area contributed by atoms with Gasteiger partial charge in [0.05, 0.1) is 12.1 Å². The maximum atomic E-state index is 6.09. The molecule has 0 aliphatic heterocycles. The molecule has 0 aliphatic carbocycles. The Morgan fingerprint density at radius 3 is 2.55 bits per heavy atom. The molecule has 0 saturated carbocycles. The van der Waals surface area contributed by atoms with Crippen LogP contribution in [0.3, 0.4) is 0 Å². The lowest BCUT2D eigenvalue weighted by molar-refractivity contribution is -0.702. The zero-order valence-corrected chi connectivity index (χ0v) is 21.9. The third-order valence-corrected chi connectivity index (χ3v) is 6.13. The quantitative estimate of drug-likeness (QED) is 0.326. The average Bonchev–Trinajstić information content (AvgIpc) is 3.37. The molecule has 0 amide bonds.